The molecule has 1 saturated carbocycles. The molecule has 2 amide bonds. The first-order valence-electron chi connectivity index (χ1n) is 20.8. The van der Waals surface area contributed by atoms with Gasteiger partial charge in [0.1, 0.15) is 24.0 Å². The number of rotatable bonds is 9. The number of carbonyl (C=O) groups excluding carboxylic acids is 2. The molecule has 12 nitrogen and oxygen atoms in total. The van der Waals surface area contributed by atoms with Crippen LogP contribution >= 0.6 is 11.6 Å². The van der Waals surface area contributed by atoms with Crippen molar-refractivity contribution in [1.29, 1.82) is 5.26 Å². The predicted octanol–water partition coefficient (Wildman–Crippen LogP) is 6.68. The van der Waals surface area contributed by atoms with Crippen LogP contribution in [0.15, 0.2) is 77.7 Å². The molecule has 4 aromatic rings. The van der Waals surface area contributed by atoms with E-state index in [1.54, 1.807) is 30.3 Å². The second-order valence-electron chi connectivity index (χ2n) is 18.0. The molecule has 8 rings (SSSR count). The third-order valence-corrected chi connectivity index (χ3v) is 13.6. The third kappa shape index (κ3) is 7.83. The Morgan fingerprint density at radius 1 is 0.933 bits per heavy atom. The molecule has 1 aliphatic carbocycles. The van der Waals surface area contributed by atoms with E-state index in [0.29, 0.717) is 46.4 Å². The van der Waals surface area contributed by atoms with Crippen LogP contribution in [-0.2, 0) is 4.79 Å². The molecule has 3 aliphatic heterocycles. The van der Waals surface area contributed by atoms with Gasteiger partial charge in [0.05, 0.1) is 16.0 Å². The molecule has 1 unspecified atom stereocenters. The first-order chi connectivity index (χ1) is 28.6. The van der Waals surface area contributed by atoms with Crippen molar-refractivity contribution in [2.45, 2.75) is 71.6 Å². The van der Waals surface area contributed by atoms with Crippen LogP contribution in [0.1, 0.15) is 75.3 Å². The molecule has 14 heteroatoms. The number of halogens is 2. The fourth-order valence-corrected chi connectivity index (χ4v) is 10.4. The Morgan fingerprint density at radius 2 is 1.60 bits per heavy atom. The SMILES string of the molecule is C=C1CCC(n2nc(F)c3cc(N4CCN(CC5CCN(c6ccc(C(=O)NC7C(C)(C)C(Oc8ccc(C#N)c(Cl)c8)C7(C)C)cc6)CC5)CC4)ccc3c2=O)C(=O)N1. The maximum absolute atomic E-state index is 15.4. The quantitative estimate of drug-likeness (QED) is 0.190. The number of ether oxygens (including phenoxy) is 1. The number of hydrogen-bond acceptors (Lipinski definition) is 9. The molecule has 0 radical (unpaired) electrons. The van der Waals surface area contributed by atoms with Crippen LogP contribution in [0.5, 0.6) is 5.75 Å². The molecule has 4 fully saturated rings. The molecule has 3 saturated heterocycles. The Bertz CT molecular complexity index is 2410. The van der Waals surface area contributed by atoms with Crippen molar-refractivity contribution in [2.75, 3.05) is 55.6 Å². The first kappa shape index (κ1) is 41.3. The normalized spacial score (nSPS) is 23.1. The molecule has 1 atom stereocenters. The van der Waals surface area contributed by atoms with E-state index >= 15 is 4.39 Å². The van der Waals surface area contributed by atoms with E-state index < -0.39 is 23.5 Å². The summed E-state index contributed by atoms with van der Waals surface area (Å²) in [6.45, 7) is 18.5. The average molecular weight is 835 g/mol. The van der Waals surface area contributed by atoms with E-state index in [1.807, 2.05) is 30.3 Å². The number of hydrogen-bond donors (Lipinski definition) is 2. The number of amides is 2. The van der Waals surface area contributed by atoms with Crippen LogP contribution in [0.3, 0.4) is 0 Å². The van der Waals surface area contributed by atoms with Gasteiger partial charge in [-0.05, 0) is 86.2 Å². The standard InChI is InChI=1S/C46H52ClFN8O4/c1-28-6-15-38(41(58)50-28)56-42(59)35-14-12-33(24-36(35)39(48)52-56)55-22-20-53(21-23-55)27-29-16-18-54(19-17-29)32-10-7-30(8-11-32)40(57)51-43-45(2,3)44(46(43,4)5)60-34-13-9-31(26-49)37(47)25-34/h7-14,24-25,29,38,43-44H,1,6,15-23,27H2,2-5H3,(H,50,58)(H,51,57). The van der Waals surface area contributed by atoms with E-state index in [0.717, 1.165) is 74.7 Å². The Labute approximate surface area is 354 Å². The molecule has 3 aromatic carbocycles. The van der Waals surface area contributed by atoms with Gasteiger partial charge in [-0.25, -0.2) is 4.68 Å². The second-order valence-corrected chi connectivity index (χ2v) is 18.4. The Morgan fingerprint density at radius 3 is 2.25 bits per heavy atom. The fourth-order valence-electron chi connectivity index (χ4n) is 10.2. The number of carbonyl (C=O) groups is 2. The van der Waals surface area contributed by atoms with E-state index in [1.165, 1.54) is 0 Å². The van der Waals surface area contributed by atoms with Crippen molar-refractivity contribution in [3.8, 4) is 11.8 Å². The topological polar surface area (TPSA) is 136 Å². The number of nitriles is 1. The van der Waals surface area contributed by atoms with E-state index in [2.05, 4.69) is 70.8 Å². The Kier molecular flexibility index (Phi) is 11.1. The molecule has 0 spiro atoms. The average Bonchev–Trinajstić information content (AvgIpc) is 3.23. The number of benzene rings is 3. The summed E-state index contributed by atoms with van der Waals surface area (Å²) < 4.78 is 22.7. The van der Waals surface area contributed by atoms with Gasteiger partial charge in [-0.15, -0.1) is 5.10 Å². The van der Waals surface area contributed by atoms with Crippen LogP contribution in [-0.4, -0.2) is 84.5 Å². The highest BCUT2D eigenvalue weighted by Gasteiger charge is 2.64. The molecular weight excluding hydrogens is 783 g/mol. The van der Waals surface area contributed by atoms with Gasteiger partial charge in [-0.3, -0.25) is 19.3 Å². The minimum absolute atomic E-state index is 0.112. The second kappa shape index (κ2) is 16.2. The molecule has 4 heterocycles. The summed E-state index contributed by atoms with van der Waals surface area (Å²) in [6.07, 6.45) is 2.83. The van der Waals surface area contributed by atoms with Gasteiger partial charge in [0, 0.05) is 96.8 Å². The largest absolute Gasteiger partial charge is 0.489 e. The highest BCUT2D eigenvalue weighted by atomic mass is 35.5. The Hall–Kier alpha value is -5.45. The maximum Gasteiger partial charge on any atom is 0.275 e. The first-order valence-corrected chi connectivity index (χ1v) is 21.2. The minimum atomic E-state index is -0.867. The van der Waals surface area contributed by atoms with Crippen LogP contribution in [0.2, 0.25) is 5.02 Å². The number of fused-ring (bicyclic) bond motifs is 1. The van der Waals surface area contributed by atoms with Gasteiger partial charge >= 0.3 is 0 Å². The summed E-state index contributed by atoms with van der Waals surface area (Å²) in [5, 5.41) is 19.8. The van der Waals surface area contributed by atoms with Crippen LogP contribution in [0.4, 0.5) is 15.8 Å². The lowest BCUT2D eigenvalue weighted by molar-refractivity contribution is -0.164. The molecule has 2 N–H and O–H groups in total. The number of anilines is 2. The summed E-state index contributed by atoms with van der Waals surface area (Å²) in [4.78, 5) is 46.5. The minimum Gasteiger partial charge on any atom is -0.489 e. The number of nitrogens with one attached hydrogen (secondary N) is 2. The summed E-state index contributed by atoms with van der Waals surface area (Å²) in [5.41, 5.74) is 2.39. The predicted molar refractivity (Wildman–Crippen MR) is 231 cm³/mol. The van der Waals surface area contributed by atoms with Gasteiger partial charge in [-0.1, -0.05) is 45.9 Å². The zero-order chi connectivity index (χ0) is 42.5. The highest BCUT2D eigenvalue weighted by Crippen LogP contribution is 2.55. The van der Waals surface area contributed by atoms with Crippen molar-refractivity contribution >= 4 is 45.6 Å². The number of aromatic nitrogens is 2. The molecule has 0 bridgehead atoms. The number of nitrogens with zero attached hydrogens (tertiary/aromatic N) is 6. The van der Waals surface area contributed by atoms with Crippen molar-refractivity contribution in [3.05, 3.63) is 105 Å². The Balaban J connectivity index is 0.801. The van der Waals surface area contributed by atoms with E-state index in [-0.39, 0.29) is 39.7 Å². The van der Waals surface area contributed by atoms with E-state index in [4.69, 9.17) is 16.3 Å². The smallest absolute Gasteiger partial charge is 0.275 e. The fraction of sp³-hybridized carbons (Fsp3) is 0.457. The lowest BCUT2D eigenvalue weighted by Crippen LogP contribution is -2.74. The van der Waals surface area contributed by atoms with Gasteiger partial charge in [0.2, 0.25) is 11.9 Å². The van der Waals surface area contributed by atoms with Crippen molar-refractivity contribution in [1.82, 2.24) is 25.3 Å². The molecule has 60 heavy (non-hydrogen) atoms. The van der Waals surface area contributed by atoms with Gasteiger partial charge < -0.3 is 25.2 Å². The van der Waals surface area contributed by atoms with Crippen molar-refractivity contribution in [3.63, 3.8) is 0 Å². The molecule has 314 valence electrons. The van der Waals surface area contributed by atoms with Crippen molar-refractivity contribution in [2.24, 2.45) is 16.7 Å². The number of piperidine rings is 2. The summed E-state index contributed by atoms with van der Waals surface area (Å²) in [5.74, 6) is -0.0910. The van der Waals surface area contributed by atoms with Crippen LogP contribution in [0.25, 0.3) is 10.8 Å². The number of piperazine rings is 1. The zero-order valence-electron chi connectivity index (χ0n) is 34.6. The number of allylic oxidation sites excluding steroid dienone is 1. The molecule has 4 aliphatic rings. The maximum atomic E-state index is 15.4. The molecular formula is C46H52ClFN8O4. The summed E-state index contributed by atoms with van der Waals surface area (Å²) >= 11 is 6.26. The monoisotopic (exact) mass is 834 g/mol. The lowest BCUT2D eigenvalue weighted by atomic mass is 9.49. The summed E-state index contributed by atoms with van der Waals surface area (Å²) in [7, 11) is 0. The van der Waals surface area contributed by atoms with Crippen molar-refractivity contribution < 1.29 is 18.7 Å². The highest BCUT2D eigenvalue weighted by molar-refractivity contribution is 6.31. The summed E-state index contributed by atoms with van der Waals surface area (Å²) in [6, 6.07) is 19.3. The van der Waals surface area contributed by atoms with E-state index in [9.17, 15) is 19.6 Å². The van der Waals surface area contributed by atoms with Gasteiger partial charge in [0.25, 0.3) is 11.5 Å². The van der Waals surface area contributed by atoms with Gasteiger partial charge in [-0.2, -0.15) is 9.65 Å². The lowest BCUT2D eigenvalue weighted by Gasteiger charge is -2.63. The molecule has 1 aromatic heterocycles. The van der Waals surface area contributed by atoms with Gasteiger partial charge in [0.15, 0.2) is 0 Å². The van der Waals surface area contributed by atoms with Crippen LogP contribution < -0.4 is 30.7 Å². The third-order valence-electron chi connectivity index (χ3n) is 13.3. The zero-order valence-corrected chi connectivity index (χ0v) is 35.4. The van der Waals surface area contributed by atoms with Crippen LogP contribution in [0, 0.1) is 34.0 Å².